The first-order chi connectivity index (χ1) is 8.49. The summed E-state index contributed by atoms with van der Waals surface area (Å²) in [5, 5.41) is 0.134. The van der Waals surface area contributed by atoms with Crippen molar-refractivity contribution in [3.63, 3.8) is 0 Å². The first kappa shape index (κ1) is 14.8. The lowest BCUT2D eigenvalue weighted by atomic mass is 10.1. The standard InChI is InChI=1S/C11H13ClF2N2O2/c1-2-18-9(17)4-7-10(12)6(5-15)3-8(16-7)11(13)14/h3,11H,2,4-5,15H2,1H3. The minimum absolute atomic E-state index is 0.00308. The van der Waals surface area contributed by atoms with Gasteiger partial charge in [-0.3, -0.25) is 4.79 Å². The molecule has 0 aliphatic heterocycles. The molecule has 4 nitrogen and oxygen atoms in total. The zero-order chi connectivity index (χ0) is 13.7. The average molecular weight is 279 g/mol. The molecule has 2 N–H and O–H groups in total. The van der Waals surface area contributed by atoms with Crippen LogP contribution in [0.25, 0.3) is 0 Å². The van der Waals surface area contributed by atoms with E-state index in [-0.39, 0.29) is 30.3 Å². The van der Waals surface area contributed by atoms with Crippen molar-refractivity contribution in [3.8, 4) is 0 Å². The van der Waals surface area contributed by atoms with Gasteiger partial charge in [-0.05, 0) is 18.6 Å². The van der Waals surface area contributed by atoms with Gasteiger partial charge in [-0.2, -0.15) is 0 Å². The normalized spacial score (nSPS) is 10.8. The molecule has 0 aromatic carbocycles. The second-order valence-corrected chi connectivity index (χ2v) is 3.83. The van der Waals surface area contributed by atoms with E-state index in [1.54, 1.807) is 6.92 Å². The third kappa shape index (κ3) is 3.61. The summed E-state index contributed by atoms with van der Waals surface area (Å²) < 4.78 is 30.0. The number of carbonyl (C=O) groups is 1. The molecule has 1 rings (SSSR count). The number of nitrogens with two attached hydrogens (primary N) is 1. The van der Waals surface area contributed by atoms with Crippen molar-refractivity contribution in [1.82, 2.24) is 4.98 Å². The number of esters is 1. The number of carbonyl (C=O) groups excluding carboxylic acids is 1. The van der Waals surface area contributed by atoms with E-state index < -0.39 is 18.1 Å². The summed E-state index contributed by atoms with van der Waals surface area (Å²) in [6.07, 6.45) is -2.99. The summed E-state index contributed by atoms with van der Waals surface area (Å²) in [6, 6.07) is 1.14. The third-order valence-corrected chi connectivity index (χ3v) is 2.64. The van der Waals surface area contributed by atoms with Gasteiger partial charge in [0.25, 0.3) is 6.43 Å². The minimum Gasteiger partial charge on any atom is -0.466 e. The van der Waals surface area contributed by atoms with Gasteiger partial charge >= 0.3 is 5.97 Å². The van der Waals surface area contributed by atoms with Gasteiger partial charge in [0.15, 0.2) is 0 Å². The summed E-state index contributed by atoms with van der Waals surface area (Å²) in [5.74, 6) is -0.568. The molecule has 0 aliphatic carbocycles. The Bertz CT molecular complexity index is 441. The molecule has 18 heavy (non-hydrogen) atoms. The second kappa shape index (κ2) is 6.61. The molecule has 100 valence electrons. The van der Waals surface area contributed by atoms with Crippen molar-refractivity contribution >= 4 is 17.6 Å². The highest BCUT2D eigenvalue weighted by molar-refractivity contribution is 6.32. The quantitative estimate of drug-likeness (QED) is 0.839. The molecule has 0 amide bonds. The second-order valence-electron chi connectivity index (χ2n) is 3.45. The first-order valence-electron chi connectivity index (χ1n) is 5.31. The van der Waals surface area contributed by atoms with Crippen LogP contribution in [0, 0.1) is 0 Å². The van der Waals surface area contributed by atoms with Gasteiger partial charge < -0.3 is 10.5 Å². The molecule has 0 saturated heterocycles. The number of pyridine rings is 1. The van der Waals surface area contributed by atoms with Crippen LogP contribution in [0.5, 0.6) is 0 Å². The lowest BCUT2D eigenvalue weighted by Crippen LogP contribution is -2.12. The van der Waals surface area contributed by atoms with E-state index in [0.29, 0.717) is 5.56 Å². The molecule has 0 bridgehead atoms. The Morgan fingerprint density at radius 2 is 2.28 bits per heavy atom. The maximum absolute atomic E-state index is 12.6. The van der Waals surface area contributed by atoms with E-state index in [0.717, 1.165) is 6.07 Å². The highest BCUT2D eigenvalue weighted by atomic mass is 35.5. The van der Waals surface area contributed by atoms with Crippen LogP contribution >= 0.6 is 11.6 Å². The molecule has 1 heterocycles. The highest BCUT2D eigenvalue weighted by Gasteiger charge is 2.18. The van der Waals surface area contributed by atoms with E-state index in [4.69, 9.17) is 22.1 Å². The molecule has 0 fully saturated rings. The Hall–Kier alpha value is -1.27. The topological polar surface area (TPSA) is 65.2 Å². The molecule has 0 unspecified atom stereocenters. The maximum atomic E-state index is 12.6. The number of hydrogen-bond acceptors (Lipinski definition) is 4. The van der Waals surface area contributed by atoms with Crippen molar-refractivity contribution < 1.29 is 18.3 Å². The maximum Gasteiger partial charge on any atom is 0.311 e. The molecule has 0 radical (unpaired) electrons. The molecular weight excluding hydrogens is 266 g/mol. The van der Waals surface area contributed by atoms with E-state index in [1.807, 2.05) is 0 Å². The monoisotopic (exact) mass is 278 g/mol. The van der Waals surface area contributed by atoms with Crippen molar-refractivity contribution in [2.45, 2.75) is 26.3 Å². The van der Waals surface area contributed by atoms with E-state index in [2.05, 4.69) is 4.98 Å². The lowest BCUT2D eigenvalue weighted by Gasteiger charge is -2.10. The van der Waals surface area contributed by atoms with Crippen LogP contribution < -0.4 is 5.73 Å². The number of rotatable bonds is 5. The molecule has 0 aliphatic rings. The van der Waals surface area contributed by atoms with Gasteiger partial charge in [0.05, 0.1) is 23.7 Å². The molecule has 7 heteroatoms. The van der Waals surface area contributed by atoms with Crippen LogP contribution in [-0.2, 0) is 22.5 Å². The summed E-state index contributed by atoms with van der Waals surface area (Å²) in [4.78, 5) is 15.0. The summed E-state index contributed by atoms with van der Waals surface area (Å²) in [7, 11) is 0. The molecule has 1 aromatic heterocycles. The van der Waals surface area contributed by atoms with Crippen LogP contribution in [0.2, 0.25) is 5.02 Å². The number of hydrogen-bond donors (Lipinski definition) is 1. The van der Waals surface area contributed by atoms with Gasteiger partial charge in [0.1, 0.15) is 5.69 Å². The van der Waals surface area contributed by atoms with Gasteiger partial charge in [-0.15, -0.1) is 0 Å². The van der Waals surface area contributed by atoms with Crippen LogP contribution in [0.15, 0.2) is 6.07 Å². The smallest absolute Gasteiger partial charge is 0.311 e. The number of aromatic nitrogens is 1. The van der Waals surface area contributed by atoms with Gasteiger partial charge in [-0.25, -0.2) is 13.8 Å². The molecule has 0 saturated carbocycles. The molecule has 0 atom stereocenters. The predicted molar refractivity (Wildman–Crippen MR) is 62.4 cm³/mol. The van der Waals surface area contributed by atoms with E-state index in [1.165, 1.54) is 0 Å². The largest absolute Gasteiger partial charge is 0.466 e. The zero-order valence-corrected chi connectivity index (χ0v) is 10.5. The Balaban J connectivity index is 3.08. The number of alkyl halides is 2. The van der Waals surface area contributed by atoms with Crippen molar-refractivity contribution in [2.24, 2.45) is 5.73 Å². The zero-order valence-electron chi connectivity index (χ0n) is 9.75. The Labute approximate surface area is 108 Å². The first-order valence-corrected chi connectivity index (χ1v) is 5.69. The van der Waals surface area contributed by atoms with Crippen LogP contribution in [0.4, 0.5) is 8.78 Å². The Kier molecular flexibility index (Phi) is 5.43. The third-order valence-electron chi connectivity index (χ3n) is 2.18. The lowest BCUT2D eigenvalue weighted by molar-refractivity contribution is -0.142. The Morgan fingerprint density at radius 1 is 1.61 bits per heavy atom. The Morgan fingerprint density at radius 3 is 2.78 bits per heavy atom. The minimum atomic E-state index is -2.74. The fraction of sp³-hybridized carbons (Fsp3) is 0.455. The average Bonchev–Trinajstić information content (AvgIpc) is 2.31. The summed E-state index contributed by atoms with van der Waals surface area (Å²) in [6.45, 7) is 1.85. The molecular formula is C11H13ClF2N2O2. The van der Waals surface area contributed by atoms with Gasteiger partial charge in [0.2, 0.25) is 0 Å². The molecule has 0 spiro atoms. The number of ether oxygens (including phenoxy) is 1. The van der Waals surface area contributed by atoms with Crippen LogP contribution in [0.3, 0.4) is 0 Å². The van der Waals surface area contributed by atoms with Gasteiger partial charge in [0, 0.05) is 6.54 Å². The van der Waals surface area contributed by atoms with Crippen LogP contribution in [-0.4, -0.2) is 17.6 Å². The number of nitrogens with zero attached hydrogens (tertiary/aromatic N) is 1. The summed E-state index contributed by atoms with van der Waals surface area (Å²) >= 11 is 5.93. The van der Waals surface area contributed by atoms with Crippen molar-refractivity contribution in [2.75, 3.05) is 6.61 Å². The van der Waals surface area contributed by atoms with E-state index >= 15 is 0 Å². The molecule has 1 aromatic rings. The fourth-order valence-electron chi connectivity index (χ4n) is 1.39. The summed E-state index contributed by atoms with van der Waals surface area (Å²) in [5.41, 5.74) is 5.36. The predicted octanol–water partition coefficient (Wildman–Crippen LogP) is 2.24. The highest BCUT2D eigenvalue weighted by Crippen LogP contribution is 2.26. The van der Waals surface area contributed by atoms with Crippen LogP contribution in [0.1, 0.15) is 30.3 Å². The van der Waals surface area contributed by atoms with E-state index in [9.17, 15) is 13.6 Å². The fourth-order valence-corrected chi connectivity index (χ4v) is 1.63. The van der Waals surface area contributed by atoms with Gasteiger partial charge in [-0.1, -0.05) is 11.6 Å². The van der Waals surface area contributed by atoms with Crippen molar-refractivity contribution in [3.05, 3.63) is 28.0 Å². The number of halogens is 3. The SMILES string of the molecule is CCOC(=O)Cc1nc(C(F)F)cc(CN)c1Cl. The van der Waals surface area contributed by atoms with Crippen molar-refractivity contribution in [1.29, 1.82) is 0 Å².